The first kappa shape index (κ1) is 15.2. The zero-order chi connectivity index (χ0) is 16.5. The lowest BCUT2D eigenvalue weighted by atomic mass is 10.2. The zero-order valence-corrected chi connectivity index (χ0v) is 14.0. The zero-order valence-electron chi connectivity index (χ0n) is 13.2. The highest BCUT2D eigenvalue weighted by atomic mass is 35.5. The van der Waals surface area contributed by atoms with E-state index in [9.17, 15) is 4.79 Å². The maximum Gasteiger partial charge on any atom is 0.223 e. The van der Waals surface area contributed by atoms with E-state index in [1.54, 1.807) is 0 Å². The van der Waals surface area contributed by atoms with Crippen molar-refractivity contribution >= 4 is 28.5 Å². The van der Waals surface area contributed by atoms with Gasteiger partial charge in [-0.2, -0.15) is 0 Å². The van der Waals surface area contributed by atoms with Crippen LogP contribution in [-0.4, -0.2) is 15.5 Å². The van der Waals surface area contributed by atoms with Gasteiger partial charge >= 0.3 is 0 Å². The van der Waals surface area contributed by atoms with Crippen LogP contribution in [0.4, 0.5) is 0 Å². The van der Waals surface area contributed by atoms with Crippen LogP contribution in [0.15, 0.2) is 48.5 Å². The standard InChI is InChI=1S/C19H18ClN3O/c20-15-9-5-13(6-10-15)12-23-17-4-2-1-3-16(17)22-18(23)11-21-19(24)14-7-8-14/h1-6,9-10,14H,7-8,11-12H2,(H,21,24). The van der Waals surface area contributed by atoms with E-state index >= 15 is 0 Å². The van der Waals surface area contributed by atoms with E-state index in [-0.39, 0.29) is 11.8 Å². The van der Waals surface area contributed by atoms with Crippen molar-refractivity contribution in [2.45, 2.75) is 25.9 Å². The minimum absolute atomic E-state index is 0.139. The Morgan fingerprint density at radius 2 is 1.92 bits per heavy atom. The average Bonchev–Trinajstić information content (AvgIpc) is 3.39. The molecule has 0 spiro atoms. The Morgan fingerprint density at radius 3 is 2.67 bits per heavy atom. The normalized spacial score (nSPS) is 14.0. The van der Waals surface area contributed by atoms with E-state index in [1.807, 2.05) is 42.5 Å². The molecule has 0 atom stereocenters. The van der Waals surface area contributed by atoms with Crippen LogP contribution in [0.3, 0.4) is 0 Å². The van der Waals surface area contributed by atoms with Gasteiger partial charge in [0.1, 0.15) is 5.82 Å². The van der Waals surface area contributed by atoms with E-state index in [0.717, 1.165) is 40.3 Å². The second-order valence-electron chi connectivity index (χ2n) is 6.22. The number of imidazole rings is 1. The van der Waals surface area contributed by atoms with Crippen LogP contribution < -0.4 is 5.32 Å². The largest absolute Gasteiger partial charge is 0.349 e. The summed E-state index contributed by atoms with van der Waals surface area (Å²) in [5, 5.41) is 3.74. The smallest absolute Gasteiger partial charge is 0.223 e. The van der Waals surface area contributed by atoms with Gasteiger partial charge in [-0.3, -0.25) is 4.79 Å². The van der Waals surface area contributed by atoms with Gasteiger partial charge in [0.2, 0.25) is 5.91 Å². The number of amides is 1. The molecule has 0 radical (unpaired) electrons. The summed E-state index contributed by atoms with van der Waals surface area (Å²) in [4.78, 5) is 16.6. The summed E-state index contributed by atoms with van der Waals surface area (Å²) in [7, 11) is 0. The average molecular weight is 340 g/mol. The van der Waals surface area contributed by atoms with Crippen molar-refractivity contribution in [3.8, 4) is 0 Å². The number of nitrogens with zero attached hydrogens (tertiary/aromatic N) is 2. The van der Waals surface area contributed by atoms with Crippen LogP contribution in [0.25, 0.3) is 11.0 Å². The van der Waals surface area contributed by atoms with Crippen molar-refractivity contribution < 1.29 is 4.79 Å². The fourth-order valence-corrected chi connectivity index (χ4v) is 2.99. The molecule has 1 aromatic heterocycles. The van der Waals surface area contributed by atoms with Gasteiger partial charge in [0.05, 0.1) is 17.6 Å². The van der Waals surface area contributed by atoms with Crippen LogP contribution in [0.5, 0.6) is 0 Å². The van der Waals surface area contributed by atoms with E-state index < -0.39 is 0 Å². The molecular formula is C19H18ClN3O. The van der Waals surface area contributed by atoms with Crippen molar-refractivity contribution in [1.82, 2.24) is 14.9 Å². The predicted octanol–water partition coefficient (Wildman–Crippen LogP) is 3.76. The first-order valence-corrected chi connectivity index (χ1v) is 8.55. The summed E-state index contributed by atoms with van der Waals surface area (Å²) in [6, 6.07) is 15.9. The number of hydrogen-bond donors (Lipinski definition) is 1. The number of rotatable bonds is 5. The molecule has 1 aliphatic carbocycles. The van der Waals surface area contributed by atoms with Gasteiger partial charge in [-0.1, -0.05) is 35.9 Å². The Kier molecular flexibility index (Phi) is 3.98. The molecule has 0 aliphatic heterocycles. The van der Waals surface area contributed by atoms with Gasteiger partial charge in [-0.25, -0.2) is 4.98 Å². The van der Waals surface area contributed by atoms with Crippen LogP contribution >= 0.6 is 11.6 Å². The molecule has 1 N–H and O–H groups in total. The first-order chi connectivity index (χ1) is 11.7. The summed E-state index contributed by atoms with van der Waals surface area (Å²) >= 11 is 5.97. The van der Waals surface area contributed by atoms with Gasteiger partial charge in [-0.05, 0) is 42.7 Å². The Morgan fingerprint density at radius 1 is 1.17 bits per heavy atom. The Bertz CT molecular complexity index is 881. The van der Waals surface area contributed by atoms with Crippen molar-refractivity contribution in [3.63, 3.8) is 0 Å². The molecule has 1 aliphatic rings. The molecule has 122 valence electrons. The first-order valence-electron chi connectivity index (χ1n) is 8.17. The molecule has 5 heteroatoms. The van der Waals surface area contributed by atoms with E-state index in [4.69, 9.17) is 16.6 Å². The quantitative estimate of drug-likeness (QED) is 0.769. The number of aromatic nitrogens is 2. The van der Waals surface area contributed by atoms with E-state index in [1.165, 1.54) is 0 Å². The van der Waals surface area contributed by atoms with Gasteiger partial charge in [0.15, 0.2) is 0 Å². The van der Waals surface area contributed by atoms with Gasteiger partial charge in [0, 0.05) is 17.5 Å². The van der Waals surface area contributed by atoms with Crippen LogP contribution in [0, 0.1) is 5.92 Å². The maximum absolute atomic E-state index is 11.9. The molecule has 4 nitrogen and oxygen atoms in total. The third-order valence-corrected chi connectivity index (χ3v) is 4.61. The molecule has 2 aromatic carbocycles. The molecule has 1 amide bonds. The minimum atomic E-state index is 0.139. The molecular weight excluding hydrogens is 322 g/mol. The molecule has 1 heterocycles. The van der Waals surface area contributed by atoms with Crippen molar-refractivity contribution in [2.75, 3.05) is 0 Å². The third-order valence-electron chi connectivity index (χ3n) is 4.36. The molecule has 0 bridgehead atoms. The molecule has 1 saturated carbocycles. The lowest BCUT2D eigenvalue weighted by Crippen LogP contribution is -2.26. The van der Waals surface area contributed by atoms with Crippen molar-refractivity contribution in [2.24, 2.45) is 5.92 Å². The number of fused-ring (bicyclic) bond motifs is 1. The summed E-state index contributed by atoms with van der Waals surface area (Å²) < 4.78 is 2.16. The summed E-state index contributed by atoms with van der Waals surface area (Å²) in [6.45, 7) is 1.16. The highest BCUT2D eigenvalue weighted by Crippen LogP contribution is 2.29. The molecule has 3 aromatic rings. The second-order valence-corrected chi connectivity index (χ2v) is 6.66. The lowest BCUT2D eigenvalue weighted by molar-refractivity contribution is -0.122. The Labute approximate surface area is 145 Å². The van der Waals surface area contributed by atoms with Gasteiger partial charge in [-0.15, -0.1) is 0 Å². The van der Waals surface area contributed by atoms with Gasteiger partial charge in [0.25, 0.3) is 0 Å². The van der Waals surface area contributed by atoms with E-state index in [2.05, 4.69) is 16.0 Å². The van der Waals surface area contributed by atoms with Crippen molar-refractivity contribution in [3.05, 3.63) is 64.9 Å². The fraction of sp³-hybridized carbons (Fsp3) is 0.263. The number of carbonyl (C=O) groups is 1. The van der Waals surface area contributed by atoms with Crippen LogP contribution in [0.1, 0.15) is 24.2 Å². The van der Waals surface area contributed by atoms with Gasteiger partial charge < -0.3 is 9.88 Å². The monoisotopic (exact) mass is 339 g/mol. The fourth-order valence-electron chi connectivity index (χ4n) is 2.87. The van der Waals surface area contributed by atoms with Crippen LogP contribution in [-0.2, 0) is 17.9 Å². The molecule has 0 saturated heterocycles. The SMILES string of the molecule is O=C(NCc1nc2ccccc2n1Cc1ccc(Cl)cc1)C1CC1. The highest BCUT2D eigenvalue weighted by Gasteiger charge is 2.29. The summed E-state index contributed by atoms with van der Waals surface area (Å²) in [5.41, 5.74) is 3.17. The topological polar surface area (TPSA) is 46.9 Å². The maximum atomic E-state index is 11.9. The Balaban J connectivity index is 1.64. The summed E-state index contributed by atoms with van der Waals surface area (Å²) in [5.74, 6) is 1.22. The number of nitrogens with one attached hydrogen (secondary N) is 1. The number of para-hydroxylation sites is 2. The second kappa shape index (κ2) is 6.29. The van der Waals surface area contributed by atoms with Crippen molar-refractivity contribution in [1.29, 1.82) is 0 Å². The number of carbonyl (C=O) groups excluding carboxylic acids is 1. The van der Waals surface area contributed by atoms with Crippen LogP contribution in [0.2, 0.25) is 5.02 Å². The number of halogens is 1. The molecule has 1 fully saturated rings. The summed E-state index contributed by atoms with van der Waals surface area (Å²) in [6.07, 6.45) is 2.01. The van der Waals surface area contributed by atoms with E-state index in [0.29, 0.717) is 13.1 Å². The minimum Gasteiger partial charge on any atom is -0.349 e. The molecule has 24 heavy (non-hydrogen) atoms. The molecule has 0 unspecified atom stereocenters. The highest BCUT2D eigenvalue weighted by molar-refractivity contribution is 6.30. The predicted molar refractivity (Wildman–Crippen MR) is 94.9 cm³/mol. The lowest BCUT2D eigenvalue weighted by Gasteiger charge is -2.10. The molecule has 4 rings (SSSR count). The Hall–Kier alpha value is -2.33. The number of benzene rings is 2. The third kappa shape index (κ3) is 3.15. The number of hydrogen-bond acceptors (Lipinski definition) is 2.